The lowest BCUT2D eigenvalue weighted by molar-refractivity contribution is 0.670. The number of rotatable bonds is 3. The number of fused-ring (bicyclic) bond motifs is 11. The van der Waals surface area contributed by atoms with Gasteiger partial charge in [0.2, 0.25) is 0 Å². The summed E-state index contributed by atoms with van der Waals surface area (Å²) in [6.45, 7) is 0. The van der Waals surface area contributed by atoms with E-state index >= 15 is 0 Å². The van der Waals surface area contributed by atoms with Crippen LogP contribution in [0, 0.1) is 0 Å². The van der Waals surface area contributed by atoms with Crippen LogP contribution in [-0.4, -0.2) is 0 Å². The molecular weight excluding hydrogens is 665 g/mol. The average molecular weight is 693 g/mol. The minimum absolute atomic E-state index is 0.899. The Balaban J connectivity index is 1.30. The molecule has 0 aliphatic rings. The Morgan fingerprint density at radius 3 is 1.51 bits per heavy atom. The molecule has 0 aliphatic heterocycles. The van der Waals surface area contributed by atoms with Crippen LogP contribution in [0.2, 0.25) is 0 Å². The van der Waals surface area contributed by atoms with E-state index in [9.17, 15) is 0 Å². The zero-order valence-corrected chi connectivity index (χ0v) is 29.2. The van der Waals surface area contributed by atoms with Crippen molar-refractivity contribution in [3.8, 4) is 32.7 Å². The van der Waals surface area contributed by atoms with Crippen LogP contribution >= 0.6 is 11.3 Å². The van der Waals surface area contributed by atoms with E-state index in [0.717, 1.165) is 54.8 Å². The fraction of sp³-hybridized carbons (Fsp3) is 0. The van der Waals surface area contributed by atoms with Gasteiger partial charge in [0.05, 0.1) is 0 Å². The van der Waals surface area contributed by atoms with Gasteiger partial charge in [0, 0.05) is 53.2 Å². The molecule has 0 fully saturated rings. The SMILES string of the molecule is c1ccc(-c2sc3ccc4c5ccccc5oc4c3c2-c2c3ccccc3c(-c3c4ccccc4cc4c3oc3ccccc34)c3ccccc23)cc1. The van der Waals surface area contributed by atoms with Crippen LogP contribution in [-0.2, 0) is 0 Å². The lowest BCUT2D eigenvalue weighted by Gasteiger charge is -2.19. The van der Waals surface area contributed by atoms with Crippen molar-refractivity contribution in [3.63, 3.8) is 0 Å². The van der Waals surface area contributed by atoms with Crippen molar-refractivity contribution >= 4 is 97.6 Å². The Labute approximate surface area is 307 Å². The fourth-order valence-corrected chi connectivity index (χ4v) is 10.0. The van der Waals surface area contributed by atoms with E-state index in [-0.39, 0.29) is 0 Å². The number of hydrogen-bond acceptors (Lipinski definition) is 3. The van der Waals surface area contributed by atoms with Crippen molar-refractivity contribution in [1.29, 1.82) is 0 Å². The van der Waals surface area contributed by atoms with Gasteiger partial charge in [-0.15, -0.1) is 11.3 Å². The van der Waals surface area contributed by atoms with E-state index in [1.54, 1.807) is 0 Å². The summed E-state index contributed by atoms with van der Waals surface area (Å²) >= 11 is 1.85. The summed E-state index contributed by atoms with van der Waals surface area (Å²) < 4.78 is 14.9. The molecular formula is C50H28O2S. The monoisotopic (exact) mass is 692 g/mol. The second-order valence-corrected chi connectivity index (χ2v) is 14.9. The summed E-state index contributed by atoms with van der Waals surface area (Å²) in [5, 5.41) is 12.9. The largest absolute Gasteiger partial charge is 0.455 e. The maximum Gasteiger partial charge on any atom is 0.144 e. The smallest absolute Gasteiger partial charge is 0.144 e. The Bertz CT molecular complexity index is 3390. The quantitative estimate of drug-likeness (QED) is 0.172. The molecule has 0 saturated heterocycles. The molecule has 3 heteroatoms. The first kappa shape index (κ1) is 29.0. The van der Waals surface area contributed by atoms with Crippen LogP contribution in [0.4, 0.5) is 0 Å². The van der Waals surface area contributed by atoms with Crippen LogP contribution in [0.3, 0.4) is 0 Å². The molecule has 0 N–H and O–H groups in total. The van der Waals surface area contributed by atoms with E-state index in [1.807, 2.05) is 11.3 Å². The summed E-state index contributed by atoms with van der Waals surface area (Å²) in [7, 11) is 0. The molecule has 0 bridgehead atoms. The third-order valence-corrected chi connectivity index (χ3v) is 12.3. The first-order valence-corrected chi connectivity index (χ1v) is 18.8. The van der Waals surface area contributed by atoms with Crippen molar-refractivity contribution in [1.82, 2.24) is 0 Å². The highest BCUT2D eigenvalue weighted by molar-refractivity contribution is 7.23. The third-order valence-electron chi connectivity index (χ3n) is 11.1. The average Bonchev–Trinajstić information content (AvgIpc) is 3.91. The Kier molecular flexibility index (Phi) is 5.96. The van der Waals surface area contributed by atoms with Crippen LogP contribution in [0.1, 0.15) is 0 Å². The van der Waals surface area contributed by atoms with Crippen molar-refractivity contribution in [2.24, 2.45) is 0 Å². The van der Waals surface area contributed by atoms with Crippen molar-refractivity contribution in [2.75, 3.05) is 0 Å². The molecule has 12 rings (SSSR count). The molecule has 2 nitrogen and oxygen atoms in total. The van der Waals surface area contributed by atoms with Gasteiger partial charge in [0.1, 0.15) is 22.3 Å². The van der Waals surface area contributed by atoms with Gasteiger partial charge in [-0.2, -0.15) is 0 Å². The summed E-state index contributed by atoms with van der Waals surface area (Å²) in [4.78, 5) is 1.24. The van der Waals surface area contributed by atoms with Gasteiger partial charge in [-0.05, 0) is 73.8 Å². The first-order valence-electron chi connectivity index (χ1n) is 18.0. The van der Waals surface area contributed by atoms with Gasteiger partial charge in [-0.3, -0.25) is 0 Å². The van der Waals surface area contributed by atoms with Gasteiger partial charge in [0.25, 0.3) is 0 Å². The molecule has 0 radical (unpaired) electrons. The van der Waals surface area contributed by atoms with Gasteiger partial charge < -0.3 is 8.83 Å². The summed E-state index contributed by atoms with van der Waals surface area (Å²) in [6.07, 6.45) is 0. The van der Waals surface area contributed by atoms with Gasteiger partial charge in [0.15, 0.2) is 0 Å². The lowest BCUT2D eigenvalue weighted by atomic mass is 9.83. The predicted molar refractivity (Wildman–Crippen MR) is 225 cm³/mol. The number of furan rings is 2. The predicted octanol–water partition coefficient (Wildman–Crippen LogP) is 15.2. The van der Waals surface area contributed by atoms with E-state index in [4.69, 9.17) is 8.83 Å². The number of thiophene rings is 1. The molecule has 0 saturated carbocycles. The summed E-state index contributed by atoms with van der Waals surface area (Å²) in [5.74, 6) is 0. The van der Waals surface area contributed by atoms with Crippen LogP contribution in [0.25, 0.3) is 119 Å². The maximum atomic E-state index is 6.85. The highest BCUT2D eigenvalue weighted by atomic mass is 32.1. The van der Waals surface area contributed by atoms with Crippen molar-refractivity contribution in [3.05, 3.63) is 170 Å². The van der Waals surface area contributed by atoms with E-state index in [1.165, 1.54) is 64.1 Å². The molecule has 9 aromatic carbocycles. The van der Waals surface area contributed by atoms with E-state index in [0.29, 0.717) is 0 Å². The molecule has 0 unspecified atom stereocenters. The molecule has 53 heavy (non-hydrogen) atoms. The van der Waals surface area contributed by atoms with Crippen molar-refractivity contribution < 1.29 is 8.83 Å². The fourth-order valence-electron chi connectivity index (χ4n) is 8.84. The maximum absolute atomic E-state index is 6.85. The topological polar surface area (TPSA) is 26.3 Å². The van der Waals surface area contributed by atoms with E-state index < -0.39 is 0 Å². The molecule has 3 aromatic heterocycles. The lowest BCUT2D eigenvalue weighted by Crippen LogP contribution is -1.93. The standard InChI is InChI=1S/C50H28O2S/c1-2-14-29(15-3-1)50-47(46-42(53-50)27-26-38-32-18-10-12-24-40(32)51-48(38)46)44-36-22-8-6-20-34(36)43(35-21-7-9-23-37(35)44)45-31-17-5-4-16-30(31)28-39-33-19-11-13-25-41(33)52-49(39)45/h1-28H. The number of para-hydroxylation sites is 2. The second kappa shape index (κ2) is 10.9. The Hall–Kier alpha value is -6.68. The summed E-state index contributed by atoms with van der Waals surface area (Å²) in [6, 6.07) is 61.1. The van der Waals surface area contributed by atoms with Crippen molar-refractivity contribution in [2.45, 2.75) is 0 Å². The Morgan fingerprint density at radius 2 is 0.849 bits per heavy atom. The van der Waals surface area contributed by atoms with Crippen LogP contribution < -0.4 is 0 Å². The van der Waals surface area contributed by atoms with Crippen LogP contribution in [0.15, 0.2) is 179 Å². The molecule has 0 amide bonds. The third kappa shape index (κ3) is 4.03. The highest BCUT2D eigenvalue weighted by Crippen LogP contribution is 2.55. The second-order valence-electron chi connectivity index (χ2n) is 13.9. The van der Waals surface area contributed by atoms with Gasteiger partial charge >= 0.3 is 0 Å². The molecule has 246 valence electrons. The molecule has 3 heterocycles. The minimum Gasteiger partial charge on any atom is -0.455 e. The zero-order chi connectivity index (χ0) is 34.6. The highest BCUT2D eigenvalue weighted by Gasteiger charge is 2.27. The molecule has 12 aromatic rings. The van der Waals surface area contributed by atoms with E-state index in [2.05, 4.69) is 170 Å². The zero-order valence-electron chi connectivity index (χ0n) is 28.4. The molecule has 0 spiro atoms. The van der Waals surface area contributed by atoms with Crippen LogP contribution in [0.5, 0.6) is 0 Å². The molecule has 0 atom stereocenters. The van der Waals surface area contributed by atoms with Gasteiger partial charge in [-0.25, -0.2) is 0 Å². The van der Waals surface area contributed by atoms with Gasteiger partial charge in [-0.1, -0.05) is 140 Å². The minimum atomic E-state index is 0.899. The number of hydrogen-bond donors (Lipinski definition) is 0. The normalized spacial score (nSPS) is 12.2. The summed E-state index contributed by atoms with van der Waals surface area (Å²) in [5.41, 5.74) is 9.62. The number of benzene rings is 9. The molecule has 0 aliphatic carbocycles. The Morgan fingerprint density at radius 1 is 0.340 bits per heavy atom. The first-order chi connectivity index (χ1) is 26.3.